The van der Waals surface area contributed by atoms with Gasteiger partial charge in [-0.1, -0.05) is 24.3 Å². The van der Waals surface area contributed by atoms with Crippen molar-refractivity contribution in [1.82, 2.24) is 0 Å². The molecule has 0 nitrogen and oxygen atoms in total. The van der Waals surface area contributed by atoms with E-state index in [4.69, 9.17) is 0 Å². The van der Waals surface area contributed by atoms with Crippen molar-refractivity contribution < 1.29 is 0 Å². The van der Waals surface area contributed by atoms with Crippen molar-refractivity contribution in [3.8, 4) is 0 Å². The first-order valence-electron chi connectivity index (χ1n) is 5.03. The maximum Gasteiger partial charge on any atom is 0.0381 e. The lowest BCUT2D eigenvalue weighted by atomic mass is 10.1. The van der Waals surface area contributed by atoms with Crippen LogP contribution in [0.25, 0.3) is 10.1 Å². The van der Waals surface area contributed by atoms with Gasteiger partial charge >= 0.3 is 0 Å². The molecule has 0 spiro atoms. The number of aryl methyl sites for hydroxylation is 1. The van der Waals surface area contributed by atoms with Crippen LogP contribution in [0.4, 0.5) is 0 Å². The molecular weight excluding hydrogens is 220 g/mol. The largest absolute Gasteiger partial charge is 0.148 e. The zero-order valence-electron chi connectivity index (χ0n) is 8.95. The minimum absolute atomic E-state index is 0.941. The molecule has 2 aromatic rings. The number of rotatable bonds is 2. The molecule has 0 bridgehead atoms. The van der Waals surface area contributed by atoms with Crippen LogP contribution in [0.3, 0.4) is 0 Å². The fraction of sp³-hybridized carbons (Fsp3) is 0.231. The van der Waals surface area contributed by atoms with Gasteiger partial charge in [-0.3, -0.25) is 0 Å². The third kappa shape index (κ3) is 2.27. The summed E-state index contributed by atoms with van der Waals surface area (Å²) in [5.41, 5.74) is 1.38. The number of thiophene rings is 1. The van der Waals surface area contributed by atoms with E-state index in [1.165, 1.54) is 20.5 Å². The van der Waals surface area contributed by atoms with Crippen molar-refractivity contribution in [2.75, 3.05) is 0 Å². The second-order valence-corrected chi connectivity index (χ2v) is 5.48. The SMILES string of the molecule is C/C=C(\S)Cc1cccc2cc(C)sc12. The van der Waals surface area contributed by atoms with Gasteiger partial charge < -0.3 is 0 Å². The van der Waals surface area contributed by atoms with Gasteiger partial charge in [0.15, 0.2) is 0 Å². The monoisotopic (exact) mass is 234 g/mol. The molecule has 0 aliphatic rings. The van der Waals surface area contributed by atoms with E-state index in [1.54, 1.807) is 0 Å². The van der Waals surface area contributed by atoms with E-state index in [0.717, 1.165) is 11.3 Å². The highest BCUT2D eigenvalue weighted by Crippen LogP contribution is 2.29. The van der Waals surface area contributed by atoms with Gasteiger partial charge in [0, 0.05) is 16.0 Å². The van der Waals surface area contributed by atoms with Crippen LogP contribution >= 0.6 is 24.0 Å². The number of hydrogen-bond donors (Lipinski definition) is 1. The lowest BCUT2D eigenvalue weighted by molar-refractivity contribution is 1.28. The highest BCUT2D eigenvalue weighted by atomic mass is 32.1. The van der Waals surface area contributed by atoms with Gasteiger partial charge in [-0.05, 0) is 35.8 Å². The van der Waals surface area contributed by atoms with E-state index >= 15 is 0 Å². The van der Waals surface area contributed by atoms with Crippen molar-refractivity contribution in [1.29, 1.82) is 0 Å². The predicted octanol–water partition coefficient (Wildman–Crippen LogP) is 4.59. The molecule has 0 unspecified atom stereocenters. The Balaban J connectivity index is 2.50. The average Bonchev–Trinajstić information content (AvgIpc) is 2.59. The number of benzene rings is 1. The highest BCUT2D eigenvalue weighted by molar-refractivity contribution is 7.84. The summed E-state index contributed by atoms with van der Waals surface area (Å²) in [6.07, 6.45) is 3.00. The number of fused-ring (bicyclic) bond motifs is 1. The second-order valence-electron chi connectivity index (χ2n) is 3.65. The van der Waals surface area contributed by atoms with Gasteiger partial charge in [0.05, 0.1) is 0 Å². The lowest BCUT2D eigenvalue weighted by Gasteiger charge is -2.02. The fourth-order valence-corrected chi connectivity index (χ4v) is 2.88. The molecule has 0 fully saturated rings. The summed E-state index contributed by atoms with van der Waals surface area (Å²) in [4.78, 5) is 2.51. The molecule has 0 atom stereocenters. The van der Waals surface area contributed by atoms with Crippen molar-refractivity contribution in [3.63, 3.8) is 0 Å². The van der Waals surface area contributed by atoms with E-state index in [9.17, 15) is 0 Å². The fourth-order valence-electron chi connectivity index (χ4n) is 1.69. The van der Waals surface area contributed by atoms with Crippen LogP contribution in [0.5, 0.6) is 0 Å². The van der Waals surface area contributed by atoms with Gasteiger partial charge in [-0.25, -0.2) is 0 Å². The van der Waals surface area contributed by atoms with Crippen LogP contribution < -0.4 is 0 Å². The second kappa shape index (κ2) is 4.42. The molecule has 0 aliphatic heterocycles. The number of allylic oxidation sites excluding steroid dienone is 2. The molecule has 0 radical (unpaired) electrons. The molecule has 78 valence electrons. The molecule has 1 aromatic carbocycles. The topological polar surface area (TPSA) is 0 Å². The molecule has 2 heteroatoms. The van der Waals surface area contributed by atoms with E-state index in [2.05, 4.69) is 49.9 Å². The van der Waals surface area contributed by atoms with Gasteiger partial charge in [-0.15, -0.1) is 24.0 Å². The Morgan fingerprint density at radius 2 is 2.27 bits per heavy atom. The summed E-state index contributed by atoms with van der Waals surface area (Å²) in [6, 6.07) is 8.74. The van der Waals surface area contributed by atoms with E-state index in [-0.39, 0.29) is 0 Å². The van der Waals surface area contributed by atoms with Crippen molar-refractivity contribution >= 4 is 34.1 Å². The van der Waals surface area contributed by atoms with Gasteiger partial charge in [0.2, 0.25) is 0 Å². The van der Waals surface area contributed by atoms with E-state index < -0.39 is 0 Å². The maximum absolute atomic E-state index is 4.44. The molecule has 0 N–H and O–H groups in total. The summed E-state index contributed by atoms with van der Waals surface area (Å²) in [6.45, 7) is 4.19. The molecule has 0 saturated carbocycles. The average molecular weight is 234 g/mol. The molecule has 0 saturated heterocycles. The van der Waals surface area contributed by atoms with Crippen LogP contribution in [-0.4, -0.2) is 0 Å². The minimum atomic E-state index is 0.941. The molecular formula is C13H14S2. The minimum Gasteiger partial charge on any atom is -0.148 e. The van der Waals surface area contributed by atoms with Crippen LogP contribution in [0, 0.1) is 6.92 Å². The van der Waals surface area contributed by atoms with E-state index in [1.807, 2.05) is 18.3 Å². The molecule has 1 heterocycles. The first-order valence-corrected chi connectivity index (χ1v) is 6.29. The first kappa shape index (κ1) is 10.8. The van der Waals surface area contributed by atoms with E-state index in [0.29, 0.717) is 0 Å². The normalized spacial score (nSPS) is 12.3. The maximum atomic E-state index is 4.44. The Morgan fingerprint density at radius 1 is 1.47 bits per heavy atom. The summed E-state index contributed by atoms with van der Waals surface area (Å²) >= 11 is 6.31. The Labute approximate surface area is 100 Å². The molecule has 0 amide bonds. The third-order valence-corrected chi connectivity index (χ3v) is 4.01. The zero-order chi connectivity index (χ0) is 10.8. The quantitative estimate of drug-likeness (QED) is 0.722. The highest BCUT2D eigenvalue weighted by Gasteiger charge is 2.04. The molecule has 2 rings (SSSR count). The summed E-state index contributed by atoms with van der Waals surface area (Å²) in [5.74, 6) is 0. The lowest BCUT2D eigenvalue weighted by Crippen LogP contribution is -1.84. The smallest absolute Gasteiger partial charge is 0.0381 e. The van der Waals surface area contributed by atoms with Gasteiger partial charge in [0.25, 0.3) is 0 Å². The predicted molar refractivity (Wildman–Crippen MR) is 73.0 cm³/mol. The van der Waals surface area contributed by atoms with Crippen molar-refractivity contribution in [2.45, 2.75) is 20.3 Å². The van der Waals surface area contributed by atoms with Crippen molar-refractivity contribution in [2.24, 2.45) is 0 Å². The van der Waals surface area contributed by atoms with Crippen LogP contribution in [0.2, 0.25) is 0 Å². The Kier molecular flexibility index (Phi) is 3.17. The third-order valence-electron chi connectivity index (χ3n) is 2.45. The van der Waals surface area contributed by atoms with Crippen LogP contribution in [-0.2, 0) is 6.42 Å². The van der Waals surface area contributed by atoms with Gasteiger partial charge in [-0.2, -0.15) is 0 Å². The Morgan fingerprint density at radius 3 is 3.00 bits per heavy atom. The Hall–Kier alpha value is -0.730. The van der Waals surface area contributed by atoms with Crippen LogP contribution in [0.15, 0.2) is 35.2 Å². The first-order chi connectivity index (χ1) is 7.20. The van der Waals surface area contributed by atoms with Crippen LogP contribution in [0.1, 0.15) is 17.4 Å². The summed E-state index contributed by atoms with van der Waals surface area (Å²) in [7, 11) is 0. The zero-order valence-corrected chi connectivity index (χ0v) is 10.7. The molecule has 15 heavy (non-hydrogen) atoms. The Bertz CT molecular complexity index is 506. The summed E-state index contributed by atoms with van der Waals surface area (Å²) < 4.78 is 1.41. The van der Waals surface area contributed by atoms with Gasteiger partial charge in [0.1, 0.15) is 0 Å². The van der Waals surface area contributed by atoms with Crippen molar-refractivity contribution in [3.05, 3.63) is 45.7 Å². The standard InChI is InChI=1S/C13H14S2/c1-3-12(14)8-11-6-4-5-10-7-9(2)15-13(10)11/h3-7,14H,8H2,1-2H3/b12-3-. The summed E-state index contributed by atoms with van der Waals surface area (Å²) in [5, 5.41) is 1.35. The molecule has 0 aliphatic carbocycles. The number of hydrogen-bond acceptors (Lipinski definition) is 2. The molecule has 1 aromatic heterocycles. The number of thiol groups is 1.